The molecule has 0 saturated carbocycles. The molecular formula is C60H104O6. The van der Waals surface area contributed by atoms with E-state index in [1.807, 2.05) is 0 Å². The molecule has 0 N–H and O–H groups in total. The summed E-state index contributed by atoms with van der Waals surface area (Å²) in [5, 5.41) is 0. The number of ether oxygens (including phenoxy) is 3. The van der Waals surface area contributed by atoms with Crippen LogP contribution < -0.4 is 0 Å². The van der Waals surface area contributed by atoms with Crippen LogP contribution in [-0.4, -0.2) is 37.2 Å². The molecular weight excluding hydrogens is 817 g/mol. The molecule has 0 aliphatic heterocycles. The van der Waals surface area contributed by atoms with E-state index >= 15 is 0 Å². The molecule has 0 aromatic carbocycles. The molecule has 0 heterocycles. The number of esters is 3. The highest BCUT2D eigenvalue weighted by molar-refractivity contribution is 5.71. The van der Waals surface area contributed by atoms with Crippen molar-refractivity contribution < 1.29 is 28.6 Å². The average molecular weight is 921 g/mol. The third-order valence-electron chi connectivity index (χ3n) is 11.9. The molecule has 6 heteroatoms. The molecule has 0 aliphatic carbocycles. The second kappa shape index (κ2) is 54.5. The van der Waals surface area contributed by atoms with Crippen LogP contribution in [0.15, 0.2) is 72.9 Å². The number of rotatable bonds is 50. The van der Waals surface area contributed by atoms with Crippen LogP contribution in [0.5, 0.6) is 0 Å². The molecule has 0 rings (SSSR count). The molecule has 0 saturated heterocycles. The fourth-order valence-corrected chi connectivity index (χ4v) is 7.64. The minimum Gasteiger partial charge on any atom is -0.462 e. The monoisotopic (exact) mass is 921 g/mol. The molecule has 0 unspecified atom stereocenters. The molecule has 0 fully saturated rings. The van der Waals surface area contributed by atoms with Crippen LogP contribution in [0.1, 0.15) is 271 Å². The van der Waals surface area contributed by atoms with Gasteiger partial charge in [-0.15, -0.1) is 0 Å². The fraction of sp³-hybridized carbons (Fsp3) is 0.750. The van der Waals surface area contributed by atoms with Crippen LogP contribution in [0, 0.1) is 0 Å². The normalized spacial score (nSPS) is 12.6. The summed E-state index contributed by atoms with van der Waals surface area (Å²) >= 11 is 0. The first-order chi connectivity index (χ1) is 32.5. The Kier molecular flexibility index (Phi) is 51.9. The molecule has 0 aliphatic rings. The number of allylic oxidation sites excluding steroid dienone is 12. The van der Waals surface area contributed by atoms with Crippen molar-refractivity contribution in [2.24, 2.45) is 0 Å². The van der Waals surface area contributed by atoms with Crippen molar-refractivity contribution in [3.05, 3.63) is 72.9 Å². The van der Waals surface area contributed by atoms with Gasteiger partial charge in [-0.05, 0) is 109 Å². The van der Waals surface area contributed by atoms with Crippen molar-refractivity contribution >= 4 is 17.9 Å². The van der Waals surface area contributed by atoms with Crippen LogP contribution in [0.3, 0.4) is 0 Å². The summed E-state index contributed by atoms with van der Waals surface area (Å²) in [6.45, 7) is 6.55. The van der Waals surface area contributed by atoms with E-state index < -0.39 is 6.10 Å². The summed E-state index contributed by atoms with van der Waals surface area (Å²) < 4.78 is 16.8. The maximum absolute atomic E-state index is 12.8. The molecule has 380 valence electrons. The van der Waals surface area contributed by atoms with E-state index in [2.05, 4.69) is 93.7 Å². The van der Waals surface area contributed by atoms with Gasteiger partial charge >= 0.3 is 17.9 Å². The van der Waals surface area contributed by atoms with E-state index in [-0.39, 0.29) is 31.1 Å². The van der Waals surface area contributed by atoms with Gasteiger partial charge in [0.05, 0.1) is 0 Å². The minimum absolute atomic E-state index is 0.0900. The lowest BCUT2D eigenvalue weighted by atomic mass is 10.1. The first-order valence-electron chi connectivity index (χ1n) is 27.9. The standard InChI is InChI=1S/C60H104O6/c1-4-7-10-13-16-19-22-25-28-29-30-31-33-35-38-41-44-47-50-53-59(62)65-56-57(55-64-58(61)52-49-46-43-40-37-34-27-24-21-18-15-12-9-6-3)66-60(63)54-51-48-45-42-39-36-32-26-23-20-17-14-11-8-5-2/h15-16,18-19,24-28,30-32,57H,4-14,17,20-23,29,33-56H2,1-3H3/b18-15-,19-16-,27-24-,28-25-,31-30-,32-26-/t57-/m1/s1. The summed E-state index contributed by atoms with van der Waals surface area (Å²) in [7, 11) is 0. The van der Waals surface area contributed by atoms with Gasteiger partial charge in [0.1, 0.15) is 13.2 Å². The molecule has 66 heavy (non-hydrogen) atoms. The van der Waals surface area contributed by atoms with Gasteiger partial charge in [-0.1, -0.05) is 216 Å². The molecule has 6 nitrogen and oxygen atoms in total. The summed E-state index contributed by atoms with van der Waals surface area (Å²) in [6.07, 6.45) is 68.8. The topological polar surface area (TPSA) is 78.9 Å². The van der Waals surface area contributed by atoms with Gasteiger partial charge in [0.15, 0.2) is 6.10 Å². The van der Waals surface area contributed by atoms with Crippen molar-refractivity contribution in [3.8, 4) is 0 Å². The van der Waals surface area contributed by atoms with Gasteiger partial charge < -0.3 is 14.2 Å². The summed E-state index contributed by atoms with van der Waals surface area (Å²) in [5.74, 6) is -0.918. The van der Waals surface area contributed by atoms with Gasteiger partial charge in [0.25, 0.3) is 0 Å². The Morgan fingerprint density at radius 1 is 0.303 bits per heavy atom. The molecule has 0 radical (unpaired) electrons. The highest BCUT2D eigenvalue weighted by Gasteiger charge is 2.19. The van der Waals surface area contributed by atoms with E-state index in [1.165, 1.54) is 116 Å². The predicted molar refractivity (Wildman–Crippen MR) is 284 cm³/mol. The van der Waals surface area contributed by atoms with Gasteiger partial charge in [-0.3, -0.25) is 14.4 Å². The van der Waals surface area contributed by atoms with E-state index in [0.717, 1.165) is 116 Å². The van der Waals surface area contributed by atoms with Gasteiger partial charge in [0.2, 0.25) is 0 Å². The third-order valence-corrected chi connectivity index (χ3v) is 11.9. The Bertz CT molecular complexity index is 1240. The van der Waals surface area contributed by atoms with Crippen molar-refractivity contribution in [2.45, 2.75) is 277 Å². The Morgan fingerprint density at radius 2 is 0.561 bits per heavy atom. The van der Waals surface area contributed by atoms with Crippen LogP contribution in [0.2, 0.25) is 0 Å². The quantitative estimate of drug-likeness (QED) is 0.0262. The average Bonchev–Trinajstić information content (AvgIpc) is 3.31. The Labute approximate surface area is 408 Å². The number of hydrogen-bond donors (Lipinski definition) is 0. The van der Waals surface area contributed by atoms with Crippen molar-refractivity contribution in [1.29, 1.82) is 0 Å². The maximum atomic E-state index is 12.8. The molecule has 1 atom stereocenters. The molecule has 0 aromatic rings. The largest absolute Gasteiger partial charge is 0.462 e. The minimum atomic E-state index is -0.791. The van der Waals surface area contributed by atoms with Crippen LogP contribution >= 0.6 is 0 Å². The van der Waals surface area contributed by atoms with Crippen LogP contribution in [0.25, 0.3) is 0 Å². The van der Waals surface area contributed by atoms with Gasteiger partial charge in [-0.2, -0.15) is 0 Å². The number of carbonyl (C=O) groups excluding carboxylic acids is 3. The zero-order valence-electron chi connectivity index (χ0n) is 43.4. The summed E-state index contributed by atoms with van der Waals surface area (Å²) in [5.41, 5.74) is 0. The first kappa shape index (κ1) is 62.8. The lowest BCUT2D eigenvalue weighted by Gasteiger charge is -2.18. The number of hydrogen-bond acceptors (Lipinski definition) is 6. The second-order valence-electron chi connectivity index (χ2n) is 18.5. The smallest absolute Gasteiger partial charge is 0.306 e. The molecule has 0 spiro atoms. The lowest BCUT2D eigenvalue weighted by molar-refractivity contribution is -0.167. The van der Waals surface area contributed by atoms with Crippen molar-refractivity contribution in [2.75, 3.05) is 13.2 Å². The van der Waals surface area contributed by atoms with Crippen LogP contribution in [-0.2, 0) is 28.6 Å². The Morgan fingerprint density at radius 3 is 0.939 bits per heavy atom. The van der Waals surface area contributed by atoms with Crippen molar-refractivity contribution in [1.82, 2.24) is 0 Å². The lowest BCUT2D eigenvalue weighted by Crippen LogP contribution is -2.30. The molecule has 0 amide bonds. The van der Waals surface area contributed by atoms with E-state index in [4.69, 9.17) is 14.2 Å². The van der Waals surface area contributed by atoms with E-state index in [9.17, 15) is 14.4 Å². The summed E-state index contributed by atoms with van der Waals surface area (Å²) in [4.78, 5) is 38.1. The van der Waals surface area contributed by atoms with Gasteiger partial charge in [-0.25, -0.2) is 0 Å². The fourth-order valence-electron chi connectivity index (χ4n) is 7.64. The van der Waals surface area contributed by atoms with Crippen LogP contribution in [0.4, 0.5) is 0 Å². The molecule has 0 aromatic heterocycles. The molecule has 0 bridgehead atoms. The maximum Gasteiger partial charge on any atom is 0.306 e. The Balaban J connectivity index is 4.42. The van der Waals surface area contributed by atoms with E-state index in [1.54, 1.807) is 0 Å². The second-order valence-corrected chi connectivity index (χ2v) is 18.5. The third kappa shape index (κ3) is 51.8. The number of unbranched alkanes of at least 4 members (excludes halogenated alkanes) is 27. The Hall–Kier alpha value is -3.15. The van der Waals surface area contributed by atoms with Gasteiger partial charge in [0, 0.05) is 19.3 Å². The zero-order valence-corrected chi connectivity index (χ0v) is 43.4. The van der Waals surface area contributed by atoms with Crippen molar-refractivity contribution in [3.63, 3.8) is 0 Å². The zero-order chi connectivity index (χ0) is 47.9. The first-order valence-corrected chi connectivity index (χ1v) is 27.9. The highest BCUT2D eigenvalue weighted by Crippen LogP contribution is 2.14. The number of carbonyl (C=O) groups is 3. The summed E-state index contributed by atoms with van der Waals surface area (Å²) in [6, 6.07) is 0. The van der Waals surface area contributed by atoms with E-state index in [0.29, 0.717) is 19.3 Å². The predicted octanol–water partition coefficient (Wildman–Crippen LogP) is 18.6. The SMILES string of the molecule is CCCC/C=C\C/C=C\CCCCCCCC(=O)OC[C@H](COC(=O)CCCCCCCC/C=C\C/C=C\C/C=C\CCCCC)OC(=O)CCCCCCC/C=C\CCCCCCCC. The highest BCUT2D eigenvalue weighted by atomic mass is 16.6.